The van der Waals surface area contributed by atoms with Gasteiger partial charge in [0, 0.05) is 13.1 Å². The topological polar surface area (TPSA) is 88.4 Å². The van der Waals surface area contributed by atoms with E-state index in [1.807, 2.05) is 24.3 Å². The van der Waals surface area contributed by atoms with Crippen molar-refractivity contribution in [3.05, 3.63) is 24.3 Å². The van der Waals surface area contributed by atoms with Crippen LogP contribution in [0.2, 0.25) is 0 Å². The molecule has 0 bridgehead atoms. The number of aliphatic hydroxyl groups is 1. The molecule has 0 aromatic heterocycles. The Kier molecular flexibility index (Phi) is 5.14. The molecule has 1 atom stereocenters. The summed E-state index contributed by atoms with van der Waals surface area (Å²) in [5, 5.41) is 25.1. The molecular formula is C19H26N4O2. The standard InChI is InChI=1S/C19H26N4O2/c1-19(13-20,14-6-7-14)22-18(25)12-21-16-4-2-3-5-17(16)23-10-8-15(24)9-11-23/h2-5,14-15,21,24H,6-12H2,1H3,(H,22,25)/t19-/m0/s1. The van der Waals surface area contributed by atoms with E-state index < -0.39 is 5.54 Å². The predicted molar refractivity (Wildman–Crippen MR) is 97.3 cm³/mol. The number of benzene rings is 1. The Morgan fingerprint density at radius 3 is 2.64 bits per heavy atom. The van der Waals surface area contributed by atoms with Crippen molar-refractivity contribution in [1.82, 2.24) is 5.32 Å². The maximum Gasteiger partial charge on any atom is 0.240 e. The number of rotatable bonds is 6. The number of para-hydroxylation sites is 2. The number of carbonyl (C=O) groups is 1. The average Bonchev–Trinajstić information content (AvgIpc) is 3.46. The first-order chi connectivity index (χ1) is 12.0. The minimum absolute atomic E-state index is 0.136. The van der Waals surface area contributed by atoms with Gasteiger partial charge in [0.15, 0.2) is 0 Å². The predicted octanol–water partition coefficient (Wildman–Crippen LogP) is 1.87. The Balaban J connectivity index is 1.60. The Morgan fingerprint density at radius 2 is 2.00 bits per heavy atom. The second-order valence-electron chi connectivity index (χ2n) is 7.23. The fraction of sp³-hybridized carbons (Fsp3) is 0.579. The zero-order valence-corrected chi connectivity index (χ0v) is 14.7. The maximum atomic E-state index is 12.3. The fourth-order valence-electron chi connectivity index (χ4n) is 3.40. The van der Waals surface area contributed by atoms with E-state index in [2.05, 4.69) is 21.6 Å². The average molecular weight is 342 g/mol. The second kappa shape index (κ2) is 7.32. The zero-order valence-electron chi connectivity index (χ0n) is 14.7. The van der Waals surface area contributed by atoms with Crippen molar-refractivity contribution in [3.63, 3.8) is 0 Å². The van der Waals surface area contributed by atoms with E-state index in [-0.39, 0.29) is 24.5 Å². The molecule has 1 aromatic rings. The summed E-state index contributed by atoms with van der Waals surface area (Å²) in [6.45, 7) is 3.55. The third kappa shape index (κ3) is 4.23. The highest BCUT2D eigenvalue weighted by Crippen LogP contribution is 2.39. The molecule has 2 fully saturated rings. The van der Waals surface area contributed by atoms with Crippen molar-refractivity contribution in [2.24, 2.45) is 5.92 Å². The lowest BCUT2D eigenvalue weighted by atomic mass is 9.98. The summed E-state index contributed by atoms with van der Waals surface area (Å²) in [5.74, 6) is 0.105. The molecule has 0 unspecified atom stereocenters. The third-order valence-electron chi connectivity index (χ3n) is 5.17. The Morgan fingerprint density at radius 1 is 1.32 bits per heavy atom. The van der Waals surface area contributed by atoms with Crippen LogP contribution in [0.5, 0.6) is 0 Å². The second-order valence-corrected chi connectivity index (χ2v) is 7.23. The Bertz CT molecular complexity index is 660. The molecule has 3 N–H and O–H groups in total. The van der Waals surface area contributed by atoms with Gasteiger partial charge in [0.05, 0.1) is 30.1 Å². The molecule has 3 rings (SSSR count). The highest BCUT2D eigenvalue weighted by Gasteiger charge is 2.42. The molecule has 1 heterocycles. The van der Waals surface area contributed by atoms with Crippen molar-refractivity contribution >= 4 is 17.3 Å². The maximum absolute atomic E-state index is 12.3. The van der Waals surface area contributed by atoms with Gasteiger partial charge in [0.25, 0.3) is 0 Å². The molecule has 6 nitrogen and oxygen atoms in total. The van der Waals surface area contributed by atoms with Crippen molar-refractivity contribution in [1.29, 1.82) is 5.26 Å². The van der Waals surface area contributed by atoms with Crippen LogP contribution in [0.1, 0.15) is 32.6 Å². The minimum atomic E-state index is -0.763. The smallest absolute Gasteiger partial charge is 0.240 e. The lowest BCUT2D eigenvalue weighted by molar-refractivity contribution is -0.120. The van der Waals surface area contributed by atoms with E-state index >= 15 is 0 Å². The third-order valence-corrected chi connectivity index (χ3v) is 5.17. The Hall–Kier alpha value is -2.26. The summed E-state index contributed by atoms with van der Waals surface area (Å²) in [6, 6.07) is 10.1. The highest BCUT2D eigenvalue weighted by molar-refractivity contribution is 5.83. The lowest BCUT2D eigenvalue weighted by Gasteiger charge is -2.33. The summed E-state index contributed by atoms with van der Waals surface area (Å²) < 4.78 is 0. The molecule has 1 aliphatic heterocycles. The van der Waals surface area contributed by atoms with Crippen LogP contribution in [0.25, 0.3) is 0 Å². The molecule has 0 spiro atoms. The molecule has 1 aromatic carbocycles. The van der Waals surface area contributed by atoms with Crippen molar-refractivity contribution in [2.75, 3.05) is 29.9 Å². The number of nitrogens with zero attached hydrogens (tertiary/aromatic N) is 2. The molecule has 1 amide bonds. The van der Waals surface area contributed by atoms with E-state index in [4.69, 9.17) is 0 Å². The molecule has 1 aliphatic carbocycles. The first kappa shape index (κ1) is 17.6. The molecule has 25 heavy (non-hydrogen) atoms. The van der Waals surface area contributed by atoms with Gasteiger partial charge < -0.3 is 20.6 Å². The van der Waals surface area contributed by atoms with E-state index in [1.165, 1.54) is 0 Å². The molecule has 134 valence electrons. The fourth-order valence-corrected chi connectivity index (χ4v) is 3.40. The number of anilines is 2. The molecule has 1 saturated carbocycles. The van der Waals surface area contributed by atoms with Crippen molar-refractivity contribution in [2.45, 2.75) is 44.2 Å². The highest BCUT2D eigenvalue weighted by atomic mass is 16.3. The normalized spacial score (nSPS) is 20.4. The van der Waals surface area contributed by atoms with Gasteiger partial charge in [-0.2, -0.15) is 5.26 Å². The number of nitriles is 1. The van der Waals surface area contributed by atoms with Gasteiger partial charge in [-0.1, -0.05) is 12.1 Å². The largest absolute Gasteiger partial charge is 0.393 e. The lowest BCUT2D eigenvalue weighted by Crippen LogP contribution is -2.48. The van der Waals surface area contributed by atoms with Gasteiger partial charge in [-0.15, -0.1) is 0 Å². The number of carbonyl (C=O) groups excluding carboxylic acids is 1. The zero-order chi connectivity index (χ0) is 17.9. The number of hydrogen-bond acceptors (Lipinski definition) is 5. The first-order valence-corrected chi connectivity index (χ1v) is 9.00. The van der Waals surface area contributed by atoms with E-state index in [0.29, 0.717) is 0 Å². The van der Waals surface area contributed by atoms with Crippen LogP contribution in [-0.4, -0.2) is 42.3 Å². The van der Waals surface area contributed by atoms with Gasteiger partial charge in [0.2, 0.25) is 5.91 Å². The van der Waals surface area contributed by atoms with Crippen LogP contribution in [0.4, 0.5) is 11.4 Å². The van der Waals surface area contributed by atoms with Gasteiger partial charge in [-0.25, -0.2) is 0 Å². The van der Waals surface area contributed by atoms with Crippen LogP contribution in [-0.2, 0) is 4.79 Å². The number of hydrogen-bond donors (Lipinski definition) is 3. The van der Waals surface area contributed by atoms with Crippen LogP contribution < -0.4 is 15.5 Å². The van der Waals surface area contributed by atoms with Crippen LogP contribution in [0.15, 0.2) is 24.3 Å². The summed E-state index contributed by atoms with van der Waals surface area (Å²) in [7, 11) is 0. The van der Waals surface area contributed by atoms with Crippen LogP contribution in [0, 0.1) is 17.2 Å². The number of piperidine rings is 1. The SMILES string of the molecule is C[C@@](C#N)(NC(=O)CNc1ccccc1N1CCC(O)CC1)C1CC1. The van der Waals surface area contributed by atoms with Gasteiger partial charge in [0.1, 0.15) is 5.54 Å². The molecule has 2 aliphatic rings. The monoisotopic (exact) mass is 342 g/mol. The Labute approximate surface area is 148 Å². The minimum Gasteiger partial charge on any atom is -0.393 e. The molecular weight excluding hydrogens is 316 g/mol. The van der Waals surface area contributed by atoms with E-state index in [1.54, 1.807) is 6.92 Å². The van der Waals surface area contributed by atoms with Crippen LogP contribution in [0.3, 0.4) is 0 Å². The number of aliphatic hydroxyl groups excluding tert-OH is 1. The summed E-state index contributed by atoms with van der Waals surface area (Å²) in [6.07, 6.45) is 3.31. The summed E-state index contributed by atoms with van der Waals surface area (Å²) in [4.78, 5) is 14.5. The summed E-state index contributed by atoms with van der Waals surface area (Å²) in [5.41, 5.74) is 1.19. The van der Waals surface area contributed by atoms with E-state index in [9.17, 15) is 15.2 Å². The van der Waals surface area contributed by atoms with Crippen molar-refractivity contribution in [3.8, 4) is 6.07 Å². The van der Waals surface area contributed by atoms with Crippen LogP contribution >= 0.6 is 0 Å². The van der Waals surface area contributed by atoms with Gasteiger partial charge >= 0.3 is 0 Å². The quantitative estimate of drug-likeness (QED) is 0.734. The number of amides is 1. The summed E-state index contributed by atoms with van der Waals surface area (Å²) >= 11 is 0. The molecule has 1 saturated heterocycles. The number of nitrogens with one attached hydrogen (secondary N) is 2. The first-order valence-electron chi connectivity index (χ1n) is 9.00. The molecule has 6 heteroatoms. The van der Waals surface area contributed by atoms with Gasteiger partial charge in [-0.3, -0.25) is 4.79 Å². The molecule has 0 radical (unpaired) electrons. The van der Waals surface area contributed by atoms with Gasteiger partial charge in [-0.05, 0) is 50.7 Å². The van der Waals surface area contributed by atoms with E-state index in [0.717, 1.165) is 50.1 Å². The van der Waals surface area contributed by atoms with Crippen molar-refractivity contribution < 1.29 is 9.90 Å².